The summed E-state index contributed by atoms with van der Waals surface area (Å²) in [7, 11) is 0. The van der Waals surface area contributed by atoms with Gasteiger partial charge in [-0.15, -0.1) is 0 Å². The minimum absolute atomic E-state index is 0.270. The average molecular weight is 309 g/mol. The third-order valence-corrected chi connectivity index (χ3v) is 7.09. The second kappa shape index (κ2) is 7.32. The Labute approximate surface area is 105 Å². The first-order valence-electron chi connectivity index (χ1n) is 6.05. The Hall–Kier alpha value is 0.0187. The summed E-state index contributed by atoms with van der Waals surface area (Å²) in [5.41, 5.74) is 2.97. The van der Waals surface area contributed by atoms with Crippen molar-refractivity contribution in [2.75, 3.05) is 0 Å². The van der Waals surface area contributed by atoms with Gasteiger partial charge in [0.1, 0.15) is 0 Å². The first kappa shape index (κ1) is 13.1. The van der Waals surface area contributed by atoms with Crippen molar-refractivity contribution in [2.45, 2.75) is 50.9 Å². The molecule has 0 amide bonds. The molecule has 0 heterocycles. The van der Waals surface area contributed by atoms with E-state index in [2.05, 4.69) is 39.0 Å². The van der Waals surface area contributed by atoms with Gasteiger partial charge in [0.25, 0.3) is 0 Å². The van der Waals surface area contributed by atoms with Gasteiger partial charge in [-0.25, -0.2) is 0 Å². The van der Waals surface area contributed by atoms with Crippen LogP contribution in [0.15, 0.2) is 18.2 Å². The van der Waals surface area contributed by atoms with E-state index in [0.717, 1.165) is 0 Å². The maximum atomic E-state index is 2.42. The van der Waals surface area contributed by atoms with E-state index in [1.165, 1.54) is 41.2 Å². The van der Waals surface area contributed by atoms with Crippen molar-refractivity contribution in [3.63, 3.8) is 0 Å². The predicted octanol–water partition coefficient (Wildman–Crippen LogP) is 3.63. The molecule has 0 aromatic heterocycles. The van der Waals surface area contributed by atoms with Crippen molar-refractivity contribution < 1.29 is 0 Å². The molecule has 15 heavy (non-hydrogen) atoms. The van der Waals surface area contributed by atoms with Crippen molar-refractivity contribution in [2.24, 2.45) is 0 Å². The second-order valence-electron chi connectivity index (χ2n) is 4.31. The Kier molecular flexibility index (Phi) is 6.38. The first-order valence-corrected chi connectivity index (χ1v) is 9.49. The standard InChI is InChI=1S/C8H9.C6H13.Sn/c1-7-3-5-8(2)6-4-7;1-3-5-6-4-2;/h3-5H,1-2H3;1,3-6H2,2H3;. The van der Waals surface area contributed by atoms with Crippen LogP contribution in [0.4, 0.5) is 0 Å². The molecule has 0 aliphatic heterocycles. The van der Waals surface area contributed by atoms with Gasteiger partial charge in [0.15, 0.2) is 0 Å². The number of unbranched alkanes of at least 4 members (excludes halogenated alkanes) is 3. The summed E-state index contributed by atoms with van der Waals surface area (Å²) < 4.78 is 3.24. The molecule has 0 bridgehead atoms. The van der Waals surface area contributed by atoms with Crippen molar-refractivity contribution in [1.29, 1.82) is 0 Å². The van der Waals surface area contributed by atoms with Gasteiger partial charge in [0.05, 0.1) is 0 Å². The van der Waals surface area contributed by atoms with Crippen LogP contribution in [0.2, 0.25) is 4.44 Å². The van der Waals surface area contributed by atoms with Crippen molar-refractivity contribution in [3.8, 4) is 0 Å². The zero-order chi connectivity index (χ0) is 11.1. The van der Waals surface area contributed by atoms with Crippen LogP contribution in [0, 0.1) is 13.8 Å². The molecule has 0 atom stereocenters. The molecule has 0 saturated carbocycles. The quantitative estimate of drug-likeness (QED) is 0.556. The molecule has 0 aliphatic carbocycles. The van der Waals surface area contributed by atoms with E-state index in [-0.39, 0.29) is 21.1 Å². The fraction of sp³-hybridized carbons (Fsp3) is 0.571. The van der Waals surface area contributed by atoms with E-state index >= 15 is 0 Å². The van der Waals surface area contributed by atoms with Gasteiger partial charge < -0.3 is 0 Å². The van der Waals surface area contributed by atoms with E-state index in [1.807, 2.05) is 0 Å². The van der Waals surface area contributed by atoms with E-state index in [0.29, 0.717) is 0 Å². The van der Waals surface area contributed by atoms with Gasteiger partial charge in [0.2, 0.25) is 0 Å². The van der Waals surface area contributed by atoms with E-state index in [1.54, 1.807) is 3.58 Å². The van der Waals surface area contributed by atoms with Gasteiger partial charge in [-0.1, -0.05) is 0 Å². The number of rotatable bonds is 6. The molecular weight excluding hydrogens is 287 g/mol. The van der Waals surface area contributed by atoms with Gasteiger partial charge in [-0.2, -0.15) is 0 Å². The summed E-state index contributed by atoms with van der Waals surface area (Å²) in [5.74, 6) is 0. The molecule has 0 fully saturated rings. The molecule has 2 radical (unpaired) electrons. The van der Waals surface area contributed by atoms with Crippen LogP contribution in [0.25, 0.3) is 0 Å². The molecule has 0 saturated heterocycles. The molecular formula is C14H22Sn. The summed E-state index contributed by atoms with van der Waals surface area (Å²) >= 11 is -0.270. The fourth-order valence-electron chi connectivity index (χ4n) is 1.70. The van der Waals surface area contributed by atoms with Crippen molar-refractivity contribution >= 4 is 24.7 Å². The van der Waals surface area contributed by atoms with Crippen LogP contribution in [-0.4, -0.2) is 21.1 Å². The number of hydrogen-bond donors (Lipinski definition) is 0. The Bertz CT molecular complexity index is 291. The summed E-state index contributed by atoms with van der Waals surface area (Å²) in [6.07, 6.45) is 5.69. The second-order valence-corrected chi connectivity index (χ2v) is 8.28. The van der Waals surface area contributed by atoms with Crippen molar-refractivity contribution in [3.05, 3.63) is 29.3 Å². The molecule has 0 nitrogen and oxygen atoms in total. The Balaban J connectivity index is 2.33. The number of hydrogen-bond acceptors (Lipinski definition) is 0. The molecule has 0 aliphatic rings. The monoisotopic (exact) mass is 310 g/mol. The van der Waals surface area contributed by atoms with Gasteiger partial charge in [0, 0.05) is 0 Å². The Morgan fingerprint density at radius 3 is 2.60 bits per heavy atom. The first-order chi connectivity index (χ1) is 7.24. The molecule has 1 aromatic rings. The molecule has 0 unspecified atom stereocenters. The third-order valence-electron chi connectivity index (χ3n) is 2.74. The van der Waals surface area contributed by atoms with Gasteiger partial charge in [-0.3, -0.25) is 0 Å². The Morgan fingerprint density at radius 1 is 1.07 bits per heavy atom. The summed E-state index contributed by atoms with van der Waals surface area (Å²) in [6, 6.07) is 6.94. The summed E-state index contributed by atoms with van der Waals surface area (Å²) in [6.45, 7) is 6.76. The van der Waals surface area contributed by atoms with Gasteiger partial charge in [-0.05, 0) is 0 Å². The third kappa shape index (κ3) is 5.05. The average Bonchev–Trinajstić information content (AvgIpc) is 2.23. The topological polar surface area (TPSA) is 0 Å². The van der Waals surface area contributed by atoms with Crippen LogP contribution >= 0.6 is 0 Å². The minimum atomic E-state index is -0.270. The molecule has 1 rings (SSSR count). The van der Waals surface area contributed by atoms with Crippen LogP contribution in [0.1, 0.15) is 43.7 Å². The molecule has 0 spiro atoms. The van der Waals surface area contributed by atoms with Gasteiger partial charge >= 0.3 is 105 Å². The molecule has 0 N–H and O–H groups in total. The van der Waals surface area contributed by atoms with Crippen LogP contribution in [0.3, 0.4) is 0 Å². The zero-order valence-electron chi connectivity index (χ0n) is 10.3. The van der Waals surface area contributed by atoms with E-state index in [9.17, 15) is 0 Å². The van der Waals surface area contributed by atoms with E-state index < -0.39 is 0 Å². The summed E-state index contributed by atoms with van der Waals surface area (Å²) in [4.78, 5) is 0. The zero-order valence-corrected chi connectivity index (χ0v) is 13.1. The van der Waals surface area contributed by atoms with Crippen LogP contribution < -0.4 is 3.58 Å². The fourth-order valence-corrected chi connectivity index (χ4v) is 5.66. The molecule has 82 valence electrons. The number of benzene rings is 1. The predicted molar refractivity (Wildman–Crippen MR) is 70.3 cm³/mol. The van der Waals surface area contributed by atoms with Crippen molar-refractivity contribution in [1.82, 2.24) is 0 Å². The van der Waals surface area contributed by atoms with E-state index in [4.69, 9.17) is 0 Å². The van der Waals surface area contributed by atoms with Crippen LogP contribution in [-0.2, 0) is 0 Å². The molecule has 1 aromatic carbocycles. The number of aryl methyl sites for hydroxylation is 2. The maximum absolute atomic E-state index is 2.42. The molecule has 1 heteroatoms. The SMILES string of the molecule is CCCCC[CH2][Sn][c]1cc(C)ccc1C. The normalized spacial score (nSPS) is 10.6. The van der Waals surface area contributed by atoms with Crippen LogP contribution in [0.5, 0.6) is 0 Å². The Morgan fingerprint density at radius 2 is 1.87 bits per heavy atom. The summed E-state index contributed by atoms with van der Waals surface area (Å²) in [5, 5.41) is 0.